The Morgan fingerprint density at radius 3 is 2.80 bits per heavy atom. The monoisotopic (exact) mass is 264 g/mol. The Balaban J connectivity index is 1.79. The summed E-state index contributed by atoms with van der Waals surface area (Å²) in [5, 5.41) is 12.1. The fourth-order valence-electron chi connectivity index (χ4n) is 2.10. The number of anilines is 1. The highest BCUT2D eigenvalue weighted by molar-refractivity contribution is 5.78. The molecule has 3 rings (SSSR count). The van der Waals surface area contributed by atoms with Gasteiger partial charge >= 0.3 is 5.69 Å². The lowest BCUT2D eigenvalue weighted by atomic mass is 10.1. The van der Waals surface area contributed by atoms with Gasteiger partial charge in [-0.15, -0.1) is 0 Å². The van der Waals surface area contributed by atoms with Gasteiger partial charge in [-0.05, 0) is 35.9 Å². The molecule has 2 aromatic carbocycles. The first-order valence-electron chi connectivity index (χ1n) is 6.19. The van der Waals surface area contributed by atoms with Crippen molar-refractivity contribution in [1.29, 1.82) is 5.26 Å². The highest BCUT2D eigenvalue weighted by Gasteiger charge is 2.00. The van der Waals surface area contributed by atoms with Crippen molar-refractivity contribution in [3.63, 3.8) is 0 Å². The highest BCUT2D eigenvalue weighted by Crippen LogP contribution is 2.15. The van der Waals surface area contributed by atoms with Gasteiger partial charge in [0.15, 0.2) is 0 Å². The quantitative estimate of drug-likeness (QED) is 0.678. The lowest BCUT2D eigenvalue weighted by Gasteiger charge is -2.06. The van der Waals surface area contributed by atoms with Crippen molar-refractivity contribution in [1.82, 2.24) is 9.97 Å². The smallest absolute Gasteiger partial charge is 0.323 e. The predicted molar refractivity (Wildman–Crippen MR) is 77.4 cm³/mol. The summed E-state index contributed by atoms with van der Waals surface area (Å²) in [6.45, 7) is 0.621. The molecule has 0 atom stereocenters. The van der Waals surface area contributed by atoms with Gasteiger partial charge in [-0.1, -0.05) is 12.1 Å². The summed E-state index contributed by atoms with van der Waals surface area (Å²) in [6, 6.07) is 15.2. The Bertz CT molecular complexity index is 854. The van der Waals surface area contributed by atoms with Gasteiger partial charge in [0.1, 0.15) is 0 Å². The topological polar surface area (TPSA) is 84.5 Å². The third-order valence-electron chi connectivity index (χ3n) is 3.07. The van der Waals surface area contributed by atoms with Crippen molar-refractivity contribution >= 4 is 16.7 Å². The number of H-pyrrole nitrogens is 2. The van der Waals surface area contributed by atoms with Crippen molar-refractivity contribution in [2.75, 3.05) is 5.32 Å². The fraction of sp³-hybridized carbons (Fsp3) is 0.0667. The van der Waals surface area contributed by atoms with Crippen LogP contribution in [-0.4, -0.2) is 9.97 Å². The molecule has 0 aliphatic heterocycles. The molecule has 98 valence electrons. The average molecular weight is 264 g/mol. The molecule has 20 heavy (non-hydrogen) atoms. The molecule has 3 N–H and O–H groups in total. The van der Waals surface area contributed by atoms with Crippen LogP contribution in [0.25, 0.3) is 11.0 Å². The van der Waals surface area contributed by atoms with Gasteiger partial charge in [0.2, 0.25) is 0 Å². The minimum absolute atomic E-state index is 0.209. The van der Waals surface area contributed by atoms with Crippen LogP contribution in [0.4, 0.5) is 5.69 Å². The molecule has 0 saturated carbocycles. The molecule has 0 bridgehead atoms. The van der Waals surface area contributed by atoms with Crippen LogP contribution in [0.15, 0.2) is 47.3 Å². The van der Waals surface area contributed by atoms with E-state index in [9.17, 15) is 4.79 Å². The second-order valence-electron chi connectivity index (χ2n) is 4.51. The molecule has 0 fully saturated rings. The maximum Gasteiger partial charge on any atom is 0.323 e. The summed E-state index contributed by atoms with van der Waals surface area (Å²) in [5.41, 5.74) is 3.94. The molecule has 0 spiro atoms. The van der Waals surface area contributed by atoms with Gasteiger partial charge in [0, 0.05) is 12.2 Å². The van der Waals surface area contributed by atoms with Gasteiger partial charge in [-0.25, -0.2) is 4.79 Å². The molecule has 0 radical (unpaired) electrons. The van der Waals surface area contributed by atoms with E-state index in [0.29, 0.717) is 12.1 Å². The fourth-order valence-corrected chi connectivity index (χ4v) is 2.10. The van der Waals surface area contributed by atoms with E-state index in [4.69, 9.17) is 5.26 Å². The molecule has 0 amide bonds. The number of aromatic amines is 2. The molecule has 0 unspecified atom stereocenters. The number of fused-ring (bicyclic) bond motifs is 1. The molecule has 1 aromatic heterocycles. The van der Waals surface area contributed by atoms with Gasteiger partial charge < -0.3 is 15.3 Å². The van der Waals surface area contributed by atoms with E-state index < -0.39 is 0 Å². The van der Waals surface area contributed by atoms with Crippen molar-refractivity contribution in [3.8, 4) is 6.07 Å². The minimum Gasteiger partial charge on any atom is -0.381 e. The van der Waals surface area contributed by atoms with Crippen molar-refractivity contribution in [2.45, 2.75) is 6.54 Å². The van der Waals surface area contributed by atoms with Gasteiger partial charge in [-0.2, -0.15) is 5.26 Å². The first-order valence-corrected chi connectivity index (χ1v) is 6.19. The summed E-state index contributed by atoms with van der Waals surface area (Å²) < 4.78 is 0. The van der Waals surface area contributed by atoms with Crippen LogP contribution < -0.4 is 11.0 Å². The summed E-state index contributed by atoms with van der Waals surface area (Å²) in [7, 11) is 0. The van der Waals surface area contributed by atoms with Crippen LogP contribution in [0.5, 0.6) is 0 Å². The predicted octanol–water partition coefficient (Wildman–Crippen LogP) is 2.34. The minimum atomic E-state index is -0.209. The Labute approximate surface area is 114 Å². The van der Waals surface area contributed by atoms with Crippen molar-refractivity contribution in [3.05, 3.63) is 64.1 Å². The Hall–Kier alpha value is -3.00. The molecule has 3 aromatic rings. The second-order valence-corrected chi connectivity index (χ2v) is 4.51. The first kappa shape index (κ1) is 12.1. The third-order valence-corrected chi connectivity index (χ3v) is 3.07. The van der Waals surface area contributed by atoms with E-state index in [0.717, 1.165) is 22.3 Å². The number of hydrogen-bond donors (Lipinski definition) is 3. The standard InChI is InChI=1S/C15H12N4O/c16-8-10-2-1-3-11(6-10)9-17-12-4-5-13-14(7-12)19-15(20)18-13/h1-7,17H,9H2,(H2,18,19,20). The van der Waals surface area contributed by atoms with Gasteiger partial charge in [-0.3, -0.25) is 0 Å². The Morgan fingerprint density at radius 2 is 1.95 bits per heavy atom. The van der Waals surface area contributed by atoms with E-state index >= 15 is 0 Å². The van der Waals surface area contributed by atoms with E-state index in [2.05, 4.69) is 21.4 Å². The Morgan fingerprint density at radius 1 is 1.10 bits per heavy atom. The molecule has 0 aliphatic carbocycles. The van der Waals surface area contributed by atoms with Gasteiger partial charge in [0.05, 0.1) is 22.7 Å². The zero-order chi connectivity index (χ0) is 13.9. The maximum atomic E-state index is 11.2. The largest absolute Gasteiger partial charge is 0.381 e. The SMILES string of the molecule is N#Cc1cccc(CNc2ccc3[nH]c(=O)[nH]c3c2)c1. The summed E-state index contributed by atoms with van der Waals surface area (Å²) >= 11 is 0. The lowest BCUT2D eigenvalue weighted by molar-refractivity contribution is 1.15. The number of imidazole rings is 1. The number of nitrogens with zero attached hydrogens (tertiary/aromatic N) is 1. The van der Waals surface area contributed by atoms with Crippen LogP contribution in [-0.2, 0) is 6.54 Å². The van der Waals surface area contributed by atoms with E-state index in [-0.39, 0.29) is 5.69 Å². The third kappa shape index (κ3) is 2.40. The number of benzene rings is 2. The molecular formula is C15H12N4O. The molecule has 0 saturated heterocycles. The number of rotatable bonds is 3. The lowest BCUT2D eigenvalue weighted by Crippen LogP contribution is -1.99. The molecule has 1 heterocycles. The zero-order valence-corrected chi connectivity index (χ0v) is 10.6. The Kier molecular flexibility index (Phi) is 2.98. The number of hydrogen-bond acceptors (Lipinski definition) is 3. The second kappa shape index (κ2) is 4.94. The van der Waals surface area contributed by atoms with Crippen LogP contribution in [0, 0.1) is 11.3 Å². The van der Waals surface area contributed by atoms with Gasteiger partial charge in [0.25, 0.3) is 0 Å². The zero-order valence-electron chi connectivity index (χ0n) is 10.6. The summed E-state index contributed by atoms with van der Waals surface area (Å²) in [5.74, 6) is 0. The maximum absolute atomic E-state index is 11.2. The van der Waals surface area contributed by atoms with Crippen LogP contribution >= 0.6 is 0 Å². The van der Waals surface area contributed by atoms with Crippen molar-refractivity contribution < 1.29 is 0 Å². The number of aromatic nitrogens is 2. The summed E-state index contributed by atoms with van der Waals surface area (Å²) in [6.07, 6.45) is 0. The van der Waals surface area contributed by atoms with E-state index in [1.807, 2.05) is 36.4 Å². The first-order chi connectivity index (χ1) is 9.74. The van der Waals surface area contributed by atoms with Crippen molar-refractivity contribution in [2.24, 2.45) is 0 Å². The number of nitrogens with one attached hydrogen (secondary N) is 3. The van der Waals surface area contributed by atoms with Crippen LogP contribution in [0.1, 0.15) is 11.1 Å². The number of nitriles is 1. The molecule has 5 heteroatoms. The normalized spacial score (nSPS) is 10.3. The van der Waals surface area contributed by atoms with E-state index in [1.165, 1.54) is 0 Å². The average Bonchev–Trinajstić information content (AvgIpc) is 2.84. The highest BCUT2D eigenvalue weighted by atomic mass is 16.1. The van der Waals surface area contributed by atoms with Crippen LogP contribution in [0.2, 0.25) is 0 Å². The summed E-state index contributed by atoms with van der Waals surface area (Å²) in [4.78, 5) is 16.6. The molecule has 5 nitrogen and oxygen atoms in total. The molecular weight excluding hydrogens is 252 g/mol. The van der Waals surface area contributed by atoms with Crippen LogP contribution in [0.3, 0.4) is 0 Å². The van der Waals surface area contributed by atoms with E-state index in [1.54, 1.807) is 6.07 Å². The molecule has 0 aliphatic rings.